The standard InChI is InChI=1S/C23H28N2/c1-18(21-9-4-3-5-10-21)7-6-8-19(2)25-16-20-11-12-23-17-24-14-13-22(23)15-20/h3-5,9-15,17-19,25H,6-8,16H2,1-2H3/t18-,19+/m0/s1. The van der Waals surface area contributed by atoms with Crippen LogP contribution in [0.1, 0.15) is 50.2 Å². The van der Waals surface area contributed by atoms with Gasteiger partial charge in [0.1, 0.15) is 0 Å². The number of rotatable bonds is 8. The van der Waals surface area contributed by atoms with Crippen LogP contribution in [0.25, 0.3) is 10.8 Å². The van der Waals surface area contributed by atoms with Crippen LogP contribution in [0.2, 0.25) is 0 Å². The van der Waals surface area contributed by atoms with Gasteiger partial charge in [-0.3, -0.25) is 4.98 Å². The van der Waals surface area contributed by atoms with Crippen molar-refractivity contribution in [3.8, 4) is 0 Å². The van der Waals surface area contributed by atoms with Crippen molar-refractivity contribution in [1.29, 1.82) is 0 Å². The summed E-state index contributed by atoms with van der Waals surface area (Å²) in [5.74, 6) is 0.641. The normalized spacial score (nSPS) is 13.7. The van der Waals surface area contributed by atoms with Gasteiger partial charge in [0.25, 0.3) is 0 Å². The highest BCUT2D eigenvalue weighted by atomic mass is 14.9. The zero-order chi connectivity index (χ0) is 17.5. The van der Waals surface area contributed by atoms with Crippen LogP contribution in [0.3, 0.4) is 0 Å². The average Bonchev–Trinajstić information content (AvgIpc) is 2.67. The monoisotopic (exact) mass is 332 g/mol. The average molecular weight is 332 g/mol. The maximum atomic E-state index is 4.17. The number of aromatic nitrogens is 1. The molecule has 0 aliphatic heterocycles. The van der Waals surface area contributed by atoms with Gasteiger partial charge >= 0.3 is 0 Å². The summed E-state index contributed by atoms with van der Waals surface area (Å²) in [5.41, 5.74) is 2.79. The third kappa shape index (κ3) is 5.14. The molecule has 25 heavy (non-hydrogen) atoms. The highest BCUT2D eigenvalue weighted by Gasteiger charge is 2.07. The Morgan fingerprint density at radius 1 is 0.920 bits per heavy atom. The molecule has 0 unspecified atom stereocenters. The van der Waals surface area contributed by atoms with Crippen LogP contribution < -0.4 is 5.32 Å². The molecule has 130 valence electrons. The fourth-order valence-corrected chi connectivity index (χ4v) is 3.32. The van der Waals surface area contributed by atoms with Crippen LogP contribution in [-0.4, -0.2) is 11.0 Å². The fraction of sp³-hybridized carbons (Fsp3) is 0.348. The van der Waals surface area contributed by atoms with Gasteiger partial charge in [-0.15, -0.1) is 0 Å². The number of hydrogen-bond acceptors (Lipinski definition) is 2. The van der Waals surface area contributed by atoms with Gasteiger partial charge in [-0.05, 0) is 54.3 Å². The lowest BCUT2D eigenvalue weighted by atomic mass is 9.94. The Hall–Kier alpha value is -2.19. The Labute approximate surface area is 151 Å². The van der Waals surface area contributed by atoms with Crippen molar-refractivity contribution in [1.82, 2.24) is 10.3 Å². The number of nitrogens with one attached hydrogen (secondary N) is 1. The number of nitrogens with zero attached hydrogens (tertiary/aromatic N) is 1. The maximum Gasteiger partial charge on any atom is 0.0346 e. The minimum Gasteiger partial charge on any atom is -0.310 e. The molecule has 0 aliphatic rings. The molecule has 0 bridgehead atoms. The zero-order valence-corrected chi connectivity index (χ0v) is 15.3. The molecule has 1 heterocycles. The SMILES string of the molecule is C[C@H](CCC[C@H](C)c1ccccc1)NCc1ccc2cnccc2c1. The van der Waals surface area contributed by atoms with Gasteiger partial charge in [0.05, 0.1) is 0 Å². The van der Waals surface area contributed by atoms with E-state index in [1.807, 2.05) is 12.4 Å². The quantitative estimate of drug-likeness (QED) is 0.573. The molecule has 1 aromatic heterocycles. The van der Waals surface area contributed by atoms with E-state index >= 15 is 0 Å². The van der Waals surface area contributed by atoms with Gasteiger partial charge in [-0.2, -0.15) is 0 Å². The van der Waals surface area contributed by atoms with Crippen molar-refractivity contribution in [2.75, 3.05) is 0 Å². The third-order valence-electron chi connectivity index (χ3n) is 5.00. The minimum absolute atomic E-state index is 0.538. The topological polar surface area (TPSA) is 24.9 Å². The predicted octanol–water partition coefficient (Wildman–Crippen LogP) is 5.69. The Balaban J connectivity index is 1.42. The molecular weight excluding hydrogens is 304 g/mol. The van der Waals surface area contributed by atoms with E-state index < -0.39 is 0 Å². The van der Waals surface area contributed by atoms with Crippen molar-refractivity contribution in [3.05, 3.63) is 78.1 Å². The molecule has 2 heteroatoms. The van der Waals surface area contributed by atoms with Crippen LogP contribution in [0, 0.1) is 0 Å². The Kier molecular flexibility index (Phi) is 6.19. The Morgan fingerprint density at radius 2 is 1.76 bits per heavy atom. The number of pyridine rings is 1. The van der Waals surface area contributed by atoms with Crippen molar-refractivity contribution in [2.45, 2.75) is 51.6 Å². The molecule has 1 N–H and O–H groups in total. The largest absolute Gasteiger partial charge is 0.310 e. The van der Waals surface area contributed by atoms with E-state index in [0.29, 0.717) is 12.0 Å². The molecule has 2 nitrogen and oxygen atoms in total. The lowest BCUT2D eigenvalue weighted by Crippen LogP contribution is -2.25. The second-order valence-electron chi connectivity index (χ2n) is 7.08. The van der Waals surface area contributed by atoms with E-state index in [4.69, 9.17) is 0 Å². The first-order valence-electron chi connectivity index (χ1n) is 9.33. The Bertz CT molecular complexity index is 782. The summed E-state index contributed by atoms with van der Waals surface area (Å²) in [6.45, 7) is 5.54. The van der Waals surface area contributed by atoms with Crippen LogP contribution in [0.15, 0.2) is 67.0 Å². The Morgan fingerprint density at radius 3 is 2.60 bits per heavy atom. The van der Waals surface area contributed by atoms with Crippen LogP contribution in [-0.2, 0) is 6.54 Å². The van der Waals surface area contributed by atoms with Crippen molar-refractivity contribution in [3.63, 3.8) is 0 Å². The van der Waals surface area contributed by atoms with Gasteiger partial charge in [0, 0.05) is 30.4 Å². The molecule has 0 saturated carbocycles. The van der Waals surface area contributed by atoms with Crippen LogP contribution >= 0.6 is 0 Å². The first kappa shape index (κ1) is 17.6. The van der Waals surface area contributed by atoms with E-state index in [0.717, 1.165) is 6.54 Å². The van der Waals surface area contributed by atoms with E-state index in [9.17, 15) is 0 Å². The van der Waals surface area contributed by atoms with Crippen molar-refractivity contribution in [2.24, 2.45) is 0 Å². The summed E-state index contributed by atoms with van der Waals surface area (Å²) >= 11 is 0. The number of benzene rings is 2. The molecule has 0 spiro atoms. The minimum atomic E-state index is 0.538. The number of hydrogen-bond donors (Lipinski definition) is 1. The van der Waals surface area contributed by atoms with E-state index in [1.54, 1.807) is 0 Å². The first-order valence-corrected chi connectivity index (χ1v) is 9.33. The summed E-state index contributed by atoms with van der Waals surface area (Å²) in [6.07, 6.45) is 7.50. The van der Waals surface area contributed by atoms with Gasteiger partial charge in [-0.1, -0.05) is 55.8 Å². The maximum absolute atomic E-state index is 4.17. The lowest BCUT2D eigenvalue weighted by molar-refractivity contribution is 0.476. The summed E-state index contributed by atoms with van der Waals surface area (Å²) in [7, 11) is 0. The van der Waals surface area contributed by atoms with E-state index in [1.165, 1.54) is 41.2 Å². The van der Waals surface area contributed by atoms with Crippen molar-refractivity contribution >= 4 is 10.8 Å². The molecule has 0 amide bonds. The van der Waals surface area contributed by atoms with Gasteiger partial charge in [-0.25, -0.2) is 0 Å². The molecule has 3 rings (SSSR count). The summed E-state index contributed by atoms with van der Waals surface area (Å²) < 4.78 is 0. The molecule has 0 fully saturated rings. The fourth-order valence-electron chi connectivity index (χ4n) is 3.32. The van der Waals surface area contributed by atoms with Crippen LogP contribution in [0.5, 0.6) is 0 Å². The second kappa shape index (κ2) is 8.77. The molecule has 3 aromatic rings. The number of fused-ring (bicyclic) bond motifs is 1. The molecule has 2 aromatic carbocycles. The predicted molar refractivity (Wildman–Crippen MR) is 107 cm³/mol. The van der Waals surface area contributed by atoms with Crippen molar-refractivity contribution < 1.29 is 0 Å². The summed E-state index contributed by atoms with van der Waals surface area (Å²) in [5, 5.41) is 6.13. The molecule has 0 aliphatic carbocycles. The molecular formula is C23H28N2. The van der Waals surface area contributed by atoms with E-state index in [2.05, 4.69) is 78.7 Å². The summed E-state index contributed by atoms with van der Waals surface area (Å²) in [4.78, 5) is 4.17. The van der Waals surface area contributed by atoms with Gasteiger partial charge in [0.15, 0.2) is 0 Å². The van der Waals surface area contributed by atoms with Gasteiger partial charge in [0.2, 0.25) is 0 Å². The van der Waals surface area contributed by atoms with Gasteiger partial charge < -0.3 is 5.32 Å². The molecule has 2 atom stereocenters. The van der Waals surface area contributed by atoms with E-state index in [-0.39, 0.29) is 0 Å². The van der Waals surface area contributed by atoms with Crippen LogP contribution in [0.4, 0.5) is 0 Å². The first-order chi connectivity index (χ1) is 12.2. The third-order valence-corrected chi connectivity index (χ3v) is 5.00. The molecule has 0 radical (unpaired) electrons. The summed E-state index contributed by atoms with van der Waals surface area (Å²) in [6, 6.07) is 20.1. The molecule has 0 saturated heterocycles. The lowest BCUT2D eigenvalue weighted by Gasteiger charge is -2.16. The highest BCUT2D eigenvalue weighted by molar-refractivity contribution is 5.81. The highest BCUT2D eigenvalue weighted by Crippen LogP contribution is 2.21. The zero-order valence-electron chi connectivity index (χ0n) is 15.3. The smallest absolute Gasteiger partial charge is 0.0346 e. The second-order valence-corrected chi connectivity index (χ2v) is 7.08.